The van der Waals surface area contributed by atoms with E-state index < -0.39 is 6.72 Å². The Hall–Kier alpha value is 0.490. The summed E-state index contributed by atoms with van der Waals surface area (Å²) in [5.41, 5.74) is 0. The lowest BCUT2D eigenvalue weighted by atomic mass is 10.8. The molecule has 0 aliphatic rings. The molecule has 6 heteroatoms. The van der Waals surface area contributed by atoms with Gasteiger partial charge in [-0.05, 0) is 25.7 Å². The van der Waals surface area contributed by atoms with Gasteiger partial charge in [0.15, 0.2) is 0 Å². The predicted molar refractivity (Wildman–Crippen MR) is 55.4 cm³/mol. The van der Waals surface area contributed by atoms with E-state index in [4.69, 9.17) is 30.1 Å². The molecule has 4 nitrogen and oxygen atoms in total. The van der Waals surface area contributed by atoms with Crippen molar-refractivity contribution < 1.29 is 18.3 Å². The van der Waals surface area contributed by atoms with Crippen LogP contribution in [0.15, 0.2) is 0 Å². The third-order valence-corrected chi connectivity index (χ3v) is 3.71. The minimum atomic E-state index is -2.50. The summed E-state index contributed by atoms with van der Waals surface area (Å²) in [7, 11) is 1.61. The Bertz CT molecular complexity index is 155. The molecule has 0 fully saturated rings. The van der Waals surface area contributed by atoms with Crippen LogP contribution >= 0.6 is 6.72 Å². The van der Waals surface area contributed by atoms with Crippen molar-refractivity contribution >= 4 is 18.5 Å². The molecule has 0 atom stereocenters. The van der Waals surface area contributed by atoms with Gasteiger partial charge in [0, 0.05) is 7.11 Å². The lowest BCUT2D eigenvalue weighted by Gasteiger charge is -2.19. The highest BCUT2D eigenvalue weighted by Crippen LogP contribution is 2.49. The normalized spacial score (nSPS) is 11.9. The average molecular weight is 228 g/mol. The summed E-state index contributed by atoms with van der Waals surface area (Å²) >= 11 is 5.10. The van der Waals surface area contributed by atoms with Gasteiger partial charge in [0.1, 0.15) is 0 Å². The Labute approximate surface area is 84.8 Å². The molecule has 0 unspecified atom stereocenters. The number of ether oxygens (including phenoxy) is 1. The van der Waals surface area contributed by atoms with E-state index in [-0.39, 0.29) is 0 Å². The van der Waals surface area contributed by atoms with Gasteiger partial charge in [-0.3, -0.25) is 0 Å². The van der Waals surface area contributed by atoms with Crippen LogP contribution < -0.4 is 0 Å². The zero-order valence-corrected chi connectivity index (χ0v) is 10.0. The molecule has 0 N–H and O–H groups in total. The second-order valence-electron chi connectivity index (χ2n) is 2.11. The Kier molecular flexibility index (Phi) is 8.15. The first kappa shape index (κ1) is 13.5. The van der Waals surface area contributed by atoms with Crippen molar-refractivity contribution in [2.75, 3.05) is 33.5 Å². The number of hydrogen-bond acceptors (Lipinski definition) is 5. The summed E-state index contributed by atoms with van der Waals surface area (Å²) in [5, 5.41) is 0. The minimum absolute atomic E-state index is 0.410. The van der Waals surface area contributed by atoms with Gasteiger partial charge >= 0.3 is 6.72 Å². The number of methoxy groups -OCH3 is 1. The van der Waals surface area contributed by atoms with Crippen molar-refractivity contribution in [1.82, 2.24) is 0 Å². The first-order chi connectivity index (χ1) is 6.18. The van der Waals surface area contributed by atoms with E-state index in [1.807, 2.05) is 13.8 Å². The van der Waals surface area contributed by atoms with Crippen LogP contribution in [0.1, 0.15) is 13.8 Å². The van der Waals surface area contributed by atoms with Crippen molar-refractivity contribution in [2.45, 2.75) is 13.8 Å². The predicted octanol–water partition coefficient (Wildman–Crippen LogP) is 1.95. The molecule has 0 aromatic carbocycles. The smallest absolute Gasteiger partial charge is 0.327 e. The van der Waals surface area contributed by atoms with Gasteiger partial charge in [-0.15, -0.1) is 0 Å². The summed E-state index contributed by atoms with van der Waals surface area (Å²) in [6.07, 6.45) is 0. The molecular weight excluding hydrogens is 211 g/mol. The monoisotopic (exact) mass is 228 g/mol. The highest BCUT2D eigenvalue weighted by molar-refractivity contribution is 8.07. The van der Waals surface area contributed by atoms with Crippen LogP contribution in [0.2, 0.25) is 0 Å². The maximum absolute atomic E-state index is 5.31. The van der Waals surface area contributed by atoms with Gasteiger partial charge < -0.3 is 18.3 Å². The third-order valence-electron chi connectivity index (χ3n) is 1.11. The average Bonchev–Trinajstić information content (AvgIpc) is 2.05. The van der Waals surface area contributed by atoms with Gasteiger partial charge in [-0.25, -0.2) is 0 Å². The van der Waals surface area contributed by atoms with Crippen molar-refractivity contribution in [3.05, 3.63) is 0 Å². The van der Waals surface area contributed by atoms with Gasteiger partial charge in [-0.1, -0.05) is 0 Å². The van der Waals surface area contributed by atoms with Gasteiger partial charge in [-0.2, -0.15) is 0 Å². The summed E-state index contributed by atoms with van der Waals surface area (Å²) < 4.78 is 20.6. The largest absolute Gasteiger partial charge is 0.382 e. The van der Waals surface area contributed by atoms with Gasteiger partial charge in [0.05, 0.1) is 26.4 Å². The van der Waals surface area contributed by atoms with Crippen LogP contribution in [-0.4, -0.2) is 33.5 Å². The van der Waals surface area contributed by atoms with E-state index in [9.17, 15) is 0 Å². The molecule has 0 aromatic rings. The molecule has 0 saturated heterocycles. The fourth-order valence-electron chi connectivity index (χ4n) is 0.660. The second-order valence-corrected chi connectivity index (χ2v) is 5.12. The van der Waals surface area contributed by atoms with Crippen molar-refractivity contribution in [2.24, 2.45) is 0 Å². The van der Waals surface area contributed by atoms with E-state index >= 15 is 0 Å². The third kappa shape index (κ3) is 6.55. The zero-order valence-electron chi connectivity index (χ0n) is 8.32. The van der Waals surface area contributed by atoms with E-state index in [0.29, 0.717) is 26.4 Å². The van der Waals surface area contributed by atoms with E-state index in [0.717, 1.165) is 0 Å². The lowest BCUT2D eigenvalue weighted by Crippen LogP contribution is -2.04. The molecule has 0 spiro atoms. The Morgan fingerprint density at radius 3 is 1.92 bits per heavy atom. The quantitative estimate of drug-likeness (QED) is 0.469. The topological polar surface area (TPSA) is 36.9 Å². The summed E-state index contributed by atoms with van der Waals surface area (Å²) in [6, 6.07) is 0. The second kappa shape index (κ2) is 7.85. The lowest BCUT2D eigenvalue weighted by molar-refractivity contribution is 0.114. The van der Waals surface area contributed by atoms with Crippen LogP contribution in [0, 0.1) is 0 Å². The first-order valence-electron chi connectivity index (χ1n) is 4.21. The Morgan fingerprint density at radius 1 is 1.00 bits per heavy atom. The van der Waals surface area contributed by atoms with E-state index in [1.165, 1.54) is 0 Å². The molecule has 0 aliphatic heterocycles. The van der Waals surface area contributed by atoms with E-state index in [1.54, 1.807) is 7.11 Å². The summed E-state index contributed by atoms with van der Waals surface area (Å²) in [4.78, 5) is 0. The molecule has 0 saturated carbocycles. The molecule has 80 valence electrons. The maximum atomic E-state index is 5.31. The molecule has 0 rings (SSSR count). The molecule has 0 aromatic heterocycles. The highest BCUT2D eigenvalue weighted by Gasteiger charge is 2.18. The standard InChI is InChI=1S/C7H17O4PS/c1-4-9-12(13,10-5-2)11-7-6-8-3/h4-7H2,1-3H3. The minimum Gasteiger partial charge on any atom is -0.382 e. The van der Waals surface area contributed by atoms with Crippen LogP contribution in [0.4, 0.5) is 0 Å². The number of rotatable bonds is 8. The van der Waals surface area contributed by atoms with Gasteiger partial charge in [0.25, 0.3) is 0 Å². The molecule has 0 aliphatic carbocycles. The Morgan fingerprint density at radius 2 is 1.54 bits per heavy atom. The molecule has 13 heavy (non-hydrogen) atoms. The molecule has 0 radical (unpaired) electrons. The van der Waals surface area contributed by atoms with Crippen molar-refractivity contribution in [1.29, 1.82) is 0 Å². The van der Waals surface area contributed by atoms with Crippen molar-refractivity contribution in [3.63, 3.8) is 0 Å². The number of hydrogen-bond donors (Lipinski definition) is 0. The highest BCUT2D eigenvalue weighted by atomic mass is 32.5. The SMILES string of the molecule is CCOP(=S)(OCC)OCCOC. The molecule has 0 amide bonds. The fraction of sp³-hybridized carbons (Fsp3) is 1.00. The van der Waals surface area contributed by atoms with Crippen LogP contribution in [-0.2, 0) is 30.1 Å². The van der Waals surface area contributed by atoms with Crippen molar-refractivity contribution in [3.8, 4) is 0 Å². The van der Waals surface area contributed by atoms with Crippen LogP contribution in [0.25, 0.3) is 0 Å². The van der Waals surface area contributed by atoms with Crippen LogP contribution in [0.3, 0.4) is 0 Å². The summed E-state index contributed by atoms with van der Waals surface area (Å²) in [6.45, 7) is 3.14. The molecule has 0 heterocycles. The summed E-state index contributed by atoms with van der Waals surface area (Å²) in [5.74, 6) is 0. The molecular formula is C7H17O4PS. The molecule has 0 bridgehead atoms. The maximum Gasteiger partial charge on any atom is 0.327 e. The van der Waals surface area contributed by atoms with Crippen LogP contribution in [0.5, 0.6) is 0 Å². The van der Waals surface area contributed by atoms with E-state index in [2.05, 4.69) is 0 Å². The Balaban J connectivity index is 3.85. The zero-order chi connectivity index (χ0) is 10.2. The first-order valence-corrected chi connectivity index (χ1v) is 6.76. The fourth-order valence-corrected chi connectivity index (χ4v) is 2.67. The van der Waals surface area contributed by atoms with Gasteiger partial charge in [0.2, 0.25) is 0 Å².